The molecule has 1 saturated carbocycles. The van der Waals surface area contributed by atoms with Crippen molar-refractivity contribution >= 4 is 70.9 Å². The molecule has 2 heterocycles. The number of nitrogens with one attached hydrogen (secondary N) is 10. The Morgan fingerprint density at radius 2 is 1.10 bits per heavy atom. The highest BCUT2D eigenvalue weighted by Crippen LogP contribution is 2.42. The maximum Gasteiger partial charge on any atom is 0.246 e. The van der Waals surface area contributed by atoms with Crippen LogP contribution < -0.4 is 58.9 Å². The van der Waals surface area contributed by atoms with Crippen molar-refractivity contribution in [3.05, 3.63) is 0 Å². The standard InChI is InChI=1S/C35H54N12O12/c1-3-19(2)20-6-4-8-35(20)34(59)44-17-30(55)45-21(32(36)57)10-23(48)37-11-24(49)38-12-25(50)39-13-26(51)40-14-27(52)41-15-28(53)42-16-29(54)43-18-31(56)47-9-5-7-22(47)33(58)46-35/h19-22H,3-18H2,1-2H3,(H2,36,57)(H,37,48)(H,38,49)(H,39,50)(H,40,51)(H,41,52)(H,42,53)(H,43,54)(H,44,59)(H,45,55)(H,46,58)/t19-,20?,21?,22?,35?/m0/s1. The minimum absolute atomic E-state index is 0.0452. The second-order valence-electron chi connectivity index (χ2n) is 14.4. The summed E-state index contributed by atoms with van der Waals surface area (Å²) in [5.41, 5.74) is 3.93. The first-order chi connectivity index (χ1) is 27.9. The van der Waals surface area contributed by atoms with Crippen LogP contribution in [-0.4, -0.2) is 152 Å². The van der Waals surface area contributed by atoms with Gasteiger partial charge in [0, 0.05) is 6.54 Å². The summed E-state index contributed by atoms with van der Waals surface area (Å²) >= 11 is 0. The lowest BCUT2D eigenvalue weighted by atomic mass is 9.76. The maximum absolute atomic E-state index is 14.0. The number of rotatable bonds is 3. The van der Waals surface area contributed by atoms with Crippen molar-refractivity contribution in [1.82, 2.24) is 58.1 Å². The van der Waals surface area contributed by atoms with Crippen LogP contribution in [0.2, 0.25) is 0 Å². The third kappa shape index (κ3) is 14.5. The van der Waals surface area contributed by atoms with Gasteiger partial charge in [-0.3, -0.25) is 57.5 Å². The van der Waals surface area contributed by atoms with Gasteiger partial charge in [0.25, 0.3) is 0 Å². The lowest BCUT2D eigenvalue weighted by Gasteiger charge is -2.39. The summed E-state index contributed by atoms with van der Waals surface area (Å²) in [5.74, 6) is -9.78. The molecule has 1 aliphatic carbocycles. The van der Waals surface area contributed by atoms with E-state index in [0.717, 1.165) is 0 Å². The first-order valence-corrected chi connectivity index (χ1v) is 19.3. The molecule has 3 rings (SSSR count). The lowest BCUT2D eigenvalue weighted by molar-refractivity contribution is -0.142. The molecule has 1 spiro atoms. The van der Waals surface area contributed by atoms with Gasteiger partial charge < -0.3 is 63.8 Å². The summed E-state index contributed by atoms with van der Waals surface area (Å²) in [4.78, 5) is 153. The monoisotopic (exact) mass is 834 g/mol. The first kappa shape index (κ1) is 47.0. The van der Waals surface area contributed by atoms with Crippen LogP contribution in [0.25, 0.3) is 0 Å². The quantitative estimate of drug-likeness (QED) is 0.126. The highest BCUT2D eigenvalue weighted by atomic mass is 16.2. The van der Waals surface area contributed by atoms with Gasteiger partial charge >= 0.3 is 0 Å². The fourth-order valence-electron chi connectivity index (χ4n) is 6.99. The maximum atomic E-state index is 14.0. The Balaban J connectivity index is 1.75. The summed E-state index contributed by atoms with van der Waals surface area (Å²) in [6.07, 6.45) is 2.09. The number of fused-ring (bicyclic) bond motifs is 1. The van der Waals surface area contributed by atoms with Gasteiger partial charge in [0.15, 0.2) is 0 Å². The molecular formula is C35H54N12O12. The van der Waals surface area contributed by atoms with E-state index < -0.39 is 147 Å². The number of primary amides is 1. The molecule has 12 amide bonds. The van der Waals surface area contributed by atoms with Crippen LogP contribution >= 0.6 is 0 Å². The first-order valence-electron chi connectivity index (χ1n) is 19.3. The molecule has 0 aromatic rings. The van der Waals surface area contributed by atoms with Crippen LogP contribution in [0.5, 0.6) is 0 Å². The molecule has 2 aliphatic heterocycles. The summed E-state index contributed by atoms with van der Waals surface area (Å²) in [6.45, 7) is -0.587. The van der Waals surface area contributed by atoms with Crippen molar-refractivity contribution in [2.45, 2.75) is 76.4 Å². The summed E-state index contributed by atoms with van der Waals surface area (Å²) < 4.78 is 0. The fraction of sp³-hybridized carbons (Fsp3) is 0.657. The van der Waals surface area contributed by atoms with Crippen LogP contribution in [0.3, 0.4) is 0 Å². The van der Waals surface area contributed by atoms with Crippen molar-refractivity contribution < 1.29 is 57.5 Å². The molecule has 0 bridgehead atoms. The van der Waals surface area contributed by atoms with Gasteiger partial charge in [0.05, 0.1) is 58.8 Å². The number of carbonyl (C=O) groups is 12. The van der Waals surface area contributed by atoms with Gasteiger partial charge in [-0.2, -0.15) is 0 Å². The topological polar surface area (TPSA) is 354 Å². The van der Waals surface area contributed by atoms with Crippen LogP contribution in [0.15, 0.2) is 0 Å². The third-order valence-electron chi connectivity index (χ3n) is 10.3. The Bertz CT molecular complexity index is 1670. The van der Waals surface area contributed by atoms with Gasteiger partial charge in [-0.1, -0.05) is 26.7 Å². The summed E-state index contributed by atoms with van der Waals surface area (Å²) in [5, 5.41) is 23.4. The van der Waals surface area contributed by atoms with E-state index in [1.165, 1.54) is 4.90 Å². The molecule has 24 nitrogen and oxygen atoms in total. The molecule has 0 radical (unpaired) electrons. The van der Waals surface area contributed by atoms with Crippen LogP contribution in [-0.2, 0) is 57.5 Å². The molecule has 24 heteroatoms. The minimum atomic E-state index is -1.55. The van der Waals surface area contributed by atoms with E-state index in [0.29, 0.717) is 25.7 Å². The van der Waals surface area contributed by atoms with E-state index in [1.807, 2.05) is 13.8 Å². The van der Waals surface area contributed by atoms with Crippen molar-refractivity contribution in [2.24, 2.45) is 17.6 Å². The number of hydrogen-bond donors (Lipinski definition) is 11. The molecule has 2 saturated heterocycles. The average Bonchev–Trinajstić information content (AvgIpc) is 3.88. The Kier molecular flexibility index (Phi) is 18.0. The Hall–Kier alpha value is -6.36. The predicted octanol–water partition coefficient (Wildman–Crippen LogP) is -7.02. The van der Waals surface area contributed by atoms with Crippen molar-refractivity contribution in [3.8, 4) is 0 Å². The van der Waals surface area contributed by atoms with E-state index in [-0.39, 0.29) is 31.2 Å². The van der Waals surface area contributed by atoms with Crippen LogP contribution in [0.1, 0.15) is 58.8 Å². The zero-order valence-electron chi connectivity index (χ0n) is 33.0. The number of amides is 12. The average molecular weight is 835 g/mol. The number of nitrogens with two attached hydrogens (primary N) is 1. The Labute approximate surface area is 339 Å². The van der Waals surface area contributed by atoms with Gasteiger partial charge in [-0.25, -0.2) is 0 Å². The molecule has 0 aromatic heterocycles. The van der Waals surface area contributed by atoms with Gasteiger partial charge in [-0.15, -0.1) is 0 Å². The predicted molar refractivity (Wildman–Crippen MR) is 202 cm³/mol. The molecule has 3 fully saturated rings. The second kappa shape index (κ2) is 22.5. The van der Waals surface area contributed by atoms with E-state index in [9.17, 15) is 57.5 Å². The third-order valence-corrected chi connectivity index (χ3v) is 10.3. The number of nitrogens with zero attached hydrogens (tertiary/aromatic N) is 1. The van der Waals surface area contributed by atoms with Gasteiger partial charge in [0.1, 0.15) is 17.6 Å². The number of hydrogen-bond acceptors (Lipinski definition) is 12. The normalized spacial score (nSPS) is 26.8. The highest BCUT2D eigenvalue weighted by molar-refractivity contribution is 5.99. The zero-order chi connectivity index (χ0) is 43.7. The van der Waals surface area contributed by atoms with E-state index in [1.54, 1.807) is 0 Å². The smallest absolute Gasteiger partial charge is 0.246 e. The highest BCUT2D eigenvalue weighted by Gasteiger charge is 2.52. The summed E-state index contributed by atoms with van der Waals surface area (Å²) in [7, 11) is 0. The SMILES string of the molecule is CC[C@H](C)C1CCCC12NC(=O)C1CCCN1C(=O)CNC(=O)CNC(=O)CNC(=O)CNC(=O)CNC(=O)CNC(=O)CNC(=O)CC(C(N)=O)NC(=O)CNC2=O. The molecule has 326 valence electrons. The largest absolute Gasteiger partial charge is 0.368 e. The Morgan fingerprint density at radius 1 is 0.644 bits per heavy atom. The van der Waals surface area contributed by atoms with Crippen LogP contribution in [0, 0.1) is 11.8 Å². The van der Waals surface area contributed by atoms with E-state index in [4.69, 9.17) is 5.73 Å². The fourth-order valence-corrected chi connectivity index (χ4v) is 6.99. The van der Waals surface area contributed by atoms with Gasteiger partial charge in [0.2, 0.25) is 70.9 Å². The molecule has 0 aromatic carbocycles. The molecular weight excluding hydrogens is 780 g/mol. The Morgan fingerprint density at radius 3 is 1.58 bits per heavy atom. The van der Waals surface area contributed by atoms with E-state index >= 15 is 0 Å². The molecule has 12 N–H and O–H groups in total. The second-order valence-corrected chi connectivity index (χ2v) is 14.4. The minimum Gasteiger partial charge on any atom is -0.368 e. The lowest BCUT2D eigenvalue weighted by Crippen LogP contribution is -2.65. The van der Waals surface area contributed by atoms with Crippen molar-refractivity contribution in [2.75, 3.05) is 58.9 Å². The van der Waals surface area contributed by atoms with Crippen LogP contribution in [0.4, 0.5) is 0 Å². The molecule has 3 aliphatic rings. The van der Waals surface area contributed by atoms with Gasteiger partial charge in [-0.05, 0) is 37.5 Å². The van der Waals surface area contributed by atoms with E-state index in [2.05, 4.69) is 53.2 Å². The molecule has 5 atom stereocenters. The molecule has 4 unspecified atom stereocenters. The van der Waals surface area contributed by atoms with Crippen molar-refractivity contribution in [3.63, 3.8) is 0 Å². The zero-order valence-corrected chi connectivity index (χ0v) is 33.0. The number of carbonyl (C=O) groups excluding carboxylic acids is 12. The van der Waals surface area contributed by atoms with Crippen molar-refractivity contribution in [1.29, 1.82) is 0 Å². The molecule has 59 heavy (non-hydrogen) atoms. The summed E-state index contributed by atoms with van der Waals surface area (Å²) in [6, 6.07) is -2.52.